The van der Waals surface area contributed by atoms with Crippen LogP contribution in [0.2, 0.25) is 0 Å². The van der Waals surface area contributed by atoms with Crippen molar-refractivity contribution in [2.24, 2.45) is 0 Å². The molecule has 34 heavy (non-hydrogen) atoms. The lowest BCUT2D eigenvalue weighted by Gasteiger charge is -2.20. The fourth-order valence-electron chi connectivity index (χ4n) is 4.38. The van der Waals surface area contributed by atoms with Crippen molar-refractivity contribution in [2.45, 2.75) is 19.3 Å². The summed E-state index contributed by atoms with van der Waals surface area (Å²) in [6, 6.07) is 28.7. The third-order valence-electron chi connectivity index (χ3n) is 6.03. The number of ether oxygens (including phenoxy) is 1. The summed E-state index contributed by atoms with van der Waals surface area (Å²) in [5.74, 6) is 0.726. The molecule has 0 aliphatic carbocycles. The Hall–Kier alpha value is -3.57. The van der Waals surface area contributed by atoms with Crippen LogP contribution in [0.15, 0.2) is 84.9 Å². The van der Waals surface area contributed by atoms with Crippen LogP contribution in [0.5, 0.6) is 5.75 Å². The van der Waals surface area contributed by atoms with Crippen LogP contribution in [0, 0.1) is 0 Å². The molecule has 0 spiro atoms. The summed E-state index contributed by atoms with van der Waals surface area (Å²) in [5.41, 5.74) is 5.65. The first-order valence-electron chi connectivity index (χ1n) is 12.0. The van der Waals surface area contributed by atoms with Crippen LogP contribution >= 0.6 is 0 Å². The van der Waals surface area contributed by atoms with Crippen LogP contribution in [0.25, 0.3) is 11.1 Å². The van der Waals surface area contributed by atoms with Crippen molar-refractivity contribution >= 4 is 17.2 Å². The van der Waals surface area contributed by atoms with Gasteiger partial charge in [-0.3, -0.25) is 0 Å². The molecule has 5 heteroatoms. The molecule has 2 amide bonds. The Morgan fingerprint density at radius 1 is 0.824 bits per heavy atom. The largest absolute Gasteiger partial charge is 0.491 e. The lowest BCUT2D eigenvalue weighted by Crippen LogP contribution is -2.38. The van der Waals surface area contributed by atoms with E-state index in [1.165, 1.54) is 5.57 Å². The second kappa shape index (κ2) is 12.1. The molecular formula is C29H32N2O3. The minimum Gasteiger partial charge on any atom is -0.491 e. The molecular weight excluding hydrogens is 424 g/mol. The highest BCUT2D eigenvalue weighted by molar-refractivity contribution is 5.98. The molecule has 0 bridgehead atoms. The van der Waals surface area contributed by atoms with E-state index in [0.29, 0.717) is 13.0 Å². The minimum absolute atomic E-state index is 0.0157. The molecule has 1 heterocycles. The van der Waals surface area contributed by atoms with Gasteiger partial charge in [0.15, 0.2) is 0 Å². The molecule has 5 nitrogen and oxygen atoms in total. The number of aliphatic hydroxyl groups excluding tert-OH is 1. The highest BCUT2D eigenvalue weighted by Crippen LogP contribution is 2.35. The summed E-state index contributed by atoms with van der Waals surface area (Å²) in [6.45, 7) is 2.50. The maximum absolute atomic E-state index is 12.6. The second-order valence-corrected chi connectivity index (χ2v) is 8.36. The van der Waals surface area contributed by atoms with Crippen molar-refractivity contribution in [1.82, 2.24) is 10.2 Å². The van der Waals surface area contributed by atoms with Crippen LogP contribution in [0.3, 0.4) is 0 Å². The molecule has 0 saturated carbocycles. The molecule has 3 aromatic carbocycles. The molecule has 0 unspecified atom stereocenters. The van der Waals surface area contributed by atoms with Gasteiger partial charge in [-0.1, -0.05) is 72.8 Å². The average molecular weight is 457 g/mol. The lowest BCUT2D eigenvalue weighted by atomic mass is 9.88. The summed E-state index contributed by atoms with van der Waals surface area (Å²) >= 11 is 0. The third-order valence-corrected chi connectivity index (χ3v) is 6.03. The Balaban J connectivity index is 1.69. The van der Waals surface area contributed by atoms with Gasteiger partial charge in [0.05, 0.1) is 6.61 Å². The number of rotatable bonds is 9. The second-order valence-electron chi connectivity index (χ2n) is 8.36. The number of hydrogen-bond acceptors (Lipinski definition) is 3. The summed E-state index contributed by atoms with van der Waals surface area (Å²) in [6.07, 6.45) is 2.87. The SMILES string of the molecule is O=C(NCC/C(=C(\c1ccccc1)c1ccc(OCCO)cc1)c1ccccc1)N1CCCC1. The number of amides is 2. The topological polar surface area (TPSA) is 61.8 Å². The molecule has 1 fully saturated rings. The smallest absolute Gasteiger partial charge is 0.317 e. The zero-order valence-corrected chi connectivity index (χ0v) is 19.5. The number of aliphatic hydroxyl groups is 1. The van der Waals surface area contributed by atoms with Crippen LogP contribution in [0.1, 0.15) is 36.0 Å². The van der Waals surface area contributed by atoms with Crippen molar-refractivity contribution in [3.8, 4) is 5.75 Å². The zero-order valence-electron chi connectivity index (χ0n) is 19.5. The normalized spacial score (nSPS) is 14.0. The number of carbonyl (C=O) groups excluding carboxylic acids is 1. The Morgan fingerprint density at radius 2 is 1.41 bits per heavy atom. The van der Waals surface area contributed by atoms with E-state index in [4.69, 9.17) is 9.84 Å². The predicted molar refractivity (Wildman–Crippen MR) is 137 cm³/mol. The van der Waals surface area contributed by atoms with E-state index in [0.717, 1.165) is 53.9 Å². The molecule has 2 N–H and O–H groups in total. The van der Waals surface area contributed by atoms with Crippen molar-refractivity contribution in [3.63, 3.8) is 0 Å². The first-order chi connectivity index (χ1) is 16.8. The quantitative estimate of drug-likeness (QED) is 0.435. The van der Waals surface area contributed by atoms with Crippen molar-refractivity contribution in [2.75, 3.05) is 32.8 Å². The van der Waals surface area contributed by atoms with Crippen LogP contribution in [-0.4, -0.2) is 48.9 Å². The molecule has 0 atom stereocenters. The first kappa shape index (κ1) is 23.6. The molecule has 1 aliphatic rings. The van der Waals surface area contributed by atoms with Gasteiger partial charge in [-0.25, -0.2) is 4.79 Å². The maximum Gasteiger partial charge on any atom is 0.317 e. The van der Waals surface area contributed by atoms with Gasteiger partial charge in [-0.2, -0.15) is 0 Å². The fraction of sp³-hybridized carbons (Fsp3) is 0.276. The summed E-state index contributed by atoms with van der Waals surface area (Å²) < 4.78 is 5.56. The van der Waals surface area contributed by atoms with E-state index in [-0.39, 0.29) is 19.2 Å². The zero-order chi connectivity index (χ0) is 23.6. The number of likely N-dealkylation sites (tertiary alicyclic amines) is 1. The third kappa shape index (κ3) is 6.06. The van der Waals surface area contributed by atoms with Gasteiger partial charge < -0.3 is 20.1 Å². The van der Waals surface area contributed by atoms with Gasteiger partial charge in [-0.05, 0) is 59.2 Å². The highest BCUT2D eigenvalue weighted by Gasteiger charge is 2.18. The van der Waals surface area contributed by atoms with E-state index in [2.05, 4.69) is 41.7 Å². The van der Waals surface area contributed by atoms with Crippen molar-refractivity contribution in [3.05, 3.63) is 102 Å². The number of hydrogen-bond donors (Lipinski definition) is 2. The van der Waals surface area contributed by atoms with Gasteiger partial charge in [0.25, 0.3) is 0 Å². The Labute approximate surface area is 201 Å². The van der Waals surface area contributed by atoms with E-state index in [1.54, 1.807) is 0 Å². The van der Waals surface area contributed by atoms with E-state index in [9.17, 15) is 4.79 Å². The maximum atomic E-state index is 12.6. The van der Waals surface area contributed by atoms with Crippen LogP contribution in [0.4, 0.5) is 4.79 Å². The molecule has 3 aromatic rings. The van der Waals surface area contributed by atoms with E-state index in [1.807, 2.05) is 53.4 Å². The minimum atomic E-state index is -0.0157. The molecule has 176 valence electrons. The number of nitrogens with zero attached hydrogens (tertiary/aromatic N) is 1. The number of carbonyl (C=O) groups is 1. The molecule has 1 aliphatic heterocycles. The van der Waals surface area contributed by atoms with Crippen LogP contribution < -0.4 is 10.1 Å². The Morgan fingerprint density at radius 3 is 2.03 bits per heavy atom. The number of nitrogens with one attached hydrogen (secondary N) is 1. The first-order valence-corrected chi connectivity index (χ1v) is 12.0. The summed E-state index contributed by atoms with van der Waals surface area (Å²) in [5, 5.41) is 12.2. The summed E-state index contributed by atoms with van der Waals surface area (Å²) in [7, 11) is 0. The van der Waals surface area contributed by atoms with Gasteiger partial charge in [0.1, 0.15) is 12.4 Å². The van der Waals surface area contributed by atoms with Gasteiger partial charge >= 0.3 is 6.03 Å². The molecule has 4 rings (SSSR count). The van der Waals surface area contributed by atoms with Gasteiger partial charge in [0.2, 0.25) is 0 Å². The number of urea groups is 1. The molecule has 1 saturated heterocycles. The fourth-order valence-corrected chi connectivity index (χ4v) is 4.38. The Bertz CT molecular complexity index is 1070. The molecule has 0 radical (unpaired) electrons. The van der Waals surface area contributed by atoms with E-state index < -0.39 is 0 Å². The van der Waals surface area contributed by atoms with Crippen molar-refractivity contribution in [1.29, 1.82) is 0 Å². The Kier molecular flexibility index (Phi) is 8.36. The molecule has 0 aromatic heterocycles. The van der Waals surface area contributed by atoms with Gasteiger partial charge in [0, 0.05) is 19.6 Å². The predicted octanol–water partition coefficient (Wildman–Crippen LogP) is 5.21. The lowest BCUT2D eigenvalue weighted by molar-refractivity contribution is 0.201. The highest BCUT2D eigenvalue weighted by atomic mass is 16.5. The standard InChI is InChI=1S/C29H32N2O3/c32-21-22-34-26-15-13-25(14-16-26)28(24-11-5-2-6-12-24)27(23-9-3-1-4-10-23)17-18-30-29(33)31-19-7-8-20-31/h1-6,9-16,32H,7-8,17-22H2,(H,30,33)/b28-27-. The van der Waals surface area contributed by atoms with E-state index >= 15 is 0 Å². The average Bonchev–Trinajstić information content (AvgIpc) is 3.44. The summed E-state index contributed by atoms with van der Waals surface area (Å²) in [4.78, 5) is 14.5. The van der Waals surface area contributed by atoms with Crippen molar-refractivity contribution < 1.29 is 14.6 Å². The van der Waals surface area contributed by atoms with Gasteiger partial charge in [-0.15, -0.1) is 0 Å². The number of benzene rings is 3. The monoisotopic (exact) mass is 456 g/mol. The van der Waals surface area contributed by atoms with Crippen LogP contribution in [-0.2, 0) is 0 Å².